The average molecular weight is 293 g/mol. The minimum Gasteiger partial charge on any atom is -0.479 e. The van der Waals surface area contributed by atoms with Gasteiger partial charge in [0.1, 0.15) is 5.60 Å². The molecular formula is C15H17ClN2O2. The molecule has 0 aliphatic carbocycles. The van der Waals surface area contributed by atoms with Gasteiger partial charge in [0.25, 0.3) is 5.91 Å². The standard InChI is InChI=1S/C15H16N2O2.ClH/c1-9-7-10(14(16)18)13-11(8-9)17-6-4-5-12(17)15(2,3)19-13;/h4-8H,1-3H3,(H2,16,18);1H. The highest BCUT2D eigenvalue weighted by Gasteiger charge is 2.34. The maximum absolute atomic E-state index is 11.6. The number of ether oxygens (including phenoxy) is 1. The number of aromatic nitrogens is 1. The van der Waals surface area contributed by atoms with E-state index in [-0.39, 0.29) is 12.4 Å². The number of carbonyl (C=O) groups is 1. The van der Waals surface area contributed by atoms with Crippen LogP contribution in [0.25, 0.3) is 5.69 Å². The fourth-order valence-electron chi connectivity index (χ4n) is 2.61. The SMILES string of the molecule is Cc1cc(C(N)=O)c2c(c1)-n1cccc1C(C)(C)O2.Cl. The van der Waals surface area contributed by atoms with Crippen LogP contribution in [0.5, 0.6) is 5.75 Å². The molecule has 3 rings (SSSR count). The number of nitrogens with zero attached hydrogens (tertiary/aromatic N) is 1. The summed E-state index contributed by atoms with van der Waals surface area (Å²) >= 11 is 0. The van der Waals surface area contributed by atoms with Crippen LogP contribution in [0.4, 0.5) is 0 Å². The van der Waals surface area contributed by atoms with E-state index in [0.717, 1.165) is 16.9 Å². The Morgan fingerprint density at radius 3 is 2.70 bits per heavy atom. The summed E-state index contributed by atoms with van der Waals surface area (Å²) < 4.78 is 8.08. The lowest BCUT2D eigenvalue weighted by atomic mass is 10.00. The number of primary amides is 1. The number of benzene rings is 1. The minimum absolute atomic E-state index is 0. The molecule has 1 aliphatic rings. The van der Waals surface area contributed by atoms with Crippen molar-refractivity contribution in [2.75, 3.05) is 0 Å². The second-order valence-corrected chi connectivity index (χ2v) is 5.40. The first kappa shape index (κ1) is 14.5. The molecule has 20 heavy (non-hydrogen) atoms. The van der Waals surface area contributed by atoms with Crippen LogP contribution in [0.2, 0.25) is 0 Å². The summed E-state index contributed by atoms with van der Waals surface area (Å²) in [4.78, 5) is 11.6. The second kappa shape index (κ2) is 4.56. The lowest BCUT2D eigenvalue weighted by Crippen LogP contribution is -2.33. The van der Waals surface area contributed by atoms with Gasteiger partial charge < -0.3 is 15.0 Å². The van der Waals surface area contributed by atoms with E-state index in [0.29, 0.717) is 11.3 Å². The van der Waals surface area contributed by atoms with E-state index in [1.165, 1.54) is 0 Å². The molecule has 4 nitrogen and oxygen atoms in total. The molecule has 1 amide bonds. The van der Waals surface area contributed by atoms with Gasteiger partial charge in [-0.1, -0.05) is 0 Å². The van der Waals surface area contributed by atoms with Crippen molar-refractivity contribution in [1.82, 2.24) is 4.57 Å². The Balaban J connectivity index is 0.00000147. The van der Waals surface area contributed by atoms with Crippen LogP contribution in [-0.2, 0) is 5.60 Å². The third-order valence-corrected chi connectivity index (χ3v) is 3.46. The van der Waals surface area contributed by atoms with Crippen molar-refractivity contribution in [3.63, 3.8) is 0 Å². The number of carbonyl (C=O) groups excluding carboxylic acids is 1. The topological polar surface area (TPSA) is 57.2 Å². The fraction of sp³-hybridized carbons (Fsp3) is 0.267. The Kier molecular flexibility index (Phi) is 3.30. The van der Waals surface area contributed by atoms with Gasteiger partial charge in [-0.05, 0) is 50.6 Å². The Hall–Kier alpha value is -1.94. The molecule has 0 bridgehead atoms. The van der Waals surface area contributed by atoms with Gasteiger partial charge in [0.2, 0.25) is 0 Å². The molecule has 0 saturated carbocycles. The van der Waals surface area contributed by atoms with Gasteiger partial charge in [0.05, 0.1) is 16.9 Å². The maximum Gasteiger partial charge on any atom is 0.252 e. The highest BCUT2D eigenvalue weighted by Crippen LogP contribution is 2.41. The van der Waals surface area contributed by atoms with Crippen LogP contribution in [0, 0.1) is 6.92 Å². The Labute approximate surface area is 123 Å². The summed E-state index contributed by atoms with van der Waals surface area (Å²) in [5.74, 6) is 0.0955. The highest BCUT2D eigenvalue weighted by molar-refractivity contribution is 5.97. The molecule has 106 valence electrons. The number of nitrogens with two attached hydrogens (primary N) is 1. The largest absolute Gasteiger partial charge is 0.479 e. The molecule has 0 fully saturated rings. The van der Waals surface area contributed by atoms with Gasteiger partial charge in [-0.2, -0.15) is 0 Å². The predicted octanol–water partition coefficient (Wildman–Crippen LogP) is 2.93. The van der Waals surface area contributed by atoms with Crippen molar-refractivity contribution in [2.45, 2.75) is 26.4 Å². The predicted molar refractivity (Wildman–Crippen MR) is 79.9 cm³/mol. The lowest BCUT2D eigenvalue weighted by molar-refractivity contribution is 0.0865. The normalized spacial score (nSPS) is 14.6. The van der Waals surface area contributed by atoms with Crippen molar-refractivity contribution in [3.05, 3.63) is 47.3 Å². The number of amides is 1. The molecule has 2 N–H and O–H groups in total. The zero-order chi connectivity index (χ0) is 13.8. The van der Waals surface area contributed by atoms with E-state index in [1.807, 2.05) is 45.2 Å². The van der Waals surface area contributed by atoms with Crippen LogP contribution in [0.1, 0.15) is 35.5 Å². The second-order valence-electron chi connectivity index (χ2n) is 5.40. The van der Waals surface area contributed by atoms with E-state index in [2.05, 4.69) is 4.57 Å². The summed E-state index contributed by atoms with van der Waals surface area (Å²) in [6.07, 6.45) is 1.97. The Bertz CT molecular complexity index is 689. The highest BCUT2D eigenvalue weighted by atomic mass is 35.5. The van der Waals surface area contributed by atoms with Crippen LogP contribution >= 0.6 is 12.4 Å². The molecule has 0 unspecified atom stereocenters. The van der Waals surface area contributed by atoms with Gasteiger partial charge in [-0.25, -0.2) is 0 Å². The Morgan fingerprint density at radius 1 is 1.35 bits per heavy atom. The first-order chi connectivity index (χ1) is 8.90. The maximum atomic E-state index is 11.6. The molecule has 0 atom stereocenters. The number of aryl methyl sites for hydroxylation is 1. The first-order valence-electron chi connectivity index (χ1n) is 6.22. The molecule has 0 spiro atoms. The molecule has 1 aromatic heterocycles. The zero-order valence-corrected chi connectivity index (χ0v) is 12.5. The quantitative estimate of drug-likeness (QED) is 0.878. The van der Waals surface area contributed by atoms with Crippen molar-refractivity contribution in [1.29, 1.82) is 0 Å². The molecular weight excluding hydrogens is 276 g/mol. The van der Waals surface area contributed by atoms with E-state index in [9.17, 15) is 4.79 Å². The molecule has 2 heterocycles. The number of halogens is 1. The monoisotopic (exact) mass is 292 g/mol. The third kappa shape index (κ3) is 1.96. The summed E-state index contributed by atoms with van der Waals surface area (Å²) in [7, 11) is 0. The molecule has 1 aromatic carbocycles. The van der Waals surface area contributed by atoms with Crippen LogP contribution in [0.3, 0.4) is 0 Å². The molecule has 0 saturated heterocycles. The summed E-state index contributed by atoms with van der Waals surface area (Å²) in [6.45, 7) is 5.90. The van der Waals surface area contributed by atoms with Crippen molar-refractivity contribution in [2.24, 2.45) is 5.73 Å². The van der Waals surface area contributed by atoms with Crippen LogP contribution in [0.15, 0.2) is 30.5 Å². The van der Waals surface area contributed by atoms with Gasteiger partial charge in [0, 0.05) is 6.20 Å². The number of hydrogen-bond donors (Lipinski definition) is 1. The average Bonchev–Trinajstić information content (AvgIpc) is 2.79. The summed E-state index contributed by atoms with van der Waals surface area (Å²) in [5.41, 5.74) is 8.31. The van der Waals surface area contributed by atoms with Gasteiger partial charge >= 0.3 is 0 Å². The van der Waals surface area contributed by atoms with Gasteiger partial charge in [-0.15, -0.1) is 12.4 Å². The van der Waals surface area contributed by atoms with Gasteiger partial charge in [0.15, 0.2) is 5.75 Å². The third-order valence-electron chi connectivity index (χ3n) is 3.46. The smallest absolute Gasteiger partial charge is 0.252 e. The molecule has 1 aliphatic heterocycles. The van der Waals surface area contributed by atoms with Crippen molar-refractivity contribution < 1.29 is 9.53 Å². The van der Waals surface area contributed by atoms with E-state index in [1.54, 1.807) is 6.07 Å². The molecule has 2 aromatic rings. The van der Waals surface area contributed by atoms with E-state index >= 15 is 0 Å². The van der Waals surface area contributed by atoms with Gasteiger partial charge in [-0.3, -0.25) is 4.79 Å². The lowest BCUT2D eigenvalue weighted by Gasteiger charge is -2.35. The number of rotatable bonds is 1. The minimum atomic E-state index is -0.490. The zero-order valence-electron chi connectivity index (χ0n) is 11.6. The van der Waals surface area contributed by atoms with Crippen molar-refractivity contribution >= 4 is 18.3 Å². The first-order valence-corrected chi connectivity index (χ1v) is 6.22. The fourth-order valence-corrected chi connectivity index (χ4v) is 2.61. The summed E-state index contributed by atoms with van der Waals surface area (Å²) in [5, 5.41) is 0. The van der Waals surface area contributed by atoms with E-state index in [4.69, 9.17) is 10.5 Å². The van der Waals surface area contributed by atoms with Crippen molar-refractivity contribution in [3.8, 4) is 11.4 Å². The van der Waals surface area contributed by atoms with Crippen LogP contribution in [-0.4, -0.2) is 10.5 Å². The molecule has 0 radical (unpaired) electrons. The number of hydrogen-bond acceptors (Lipinski definition) is 2. The molecule has 5 heteroatoms. The summed E-state index contributed by atoms with van der Waals surface area (Å²) in [6, 6.07) is 7.77. The van der Waals surface area contributed by atoms with E-state index < -0.39 is 11.5 Å². The number of fused-ring (bicyclic) bond motifs is 3. The Morgan fingerprint density at radius 2 is 2.05 bits per heavy atom. The van der Waals surface area contributed by atoms with Crippen LogP contribution < -0.4 is 10.5 Å².